The predicted molar refractivity (Wildman–Crippen MR) is 64.5 cm³/mol. The van der Waals surface area contributed by atoms with Crippen molar-refractivity contribution in [2.75, 3.05) is 26.2 Å². The van der Waals surface area contributed by atoms with E-state index in [2.05, 4.69) is 5.32 Å². The monoisotopic (exact) mass is 228 g/mol. The van der Waals surface area contributed by atoms with E-state index >= 15 is 0 Å². The van der Waals surface area contributed by atoms with Crippen LogP contribution in [0.1, 0.15) is 33.6 Å². The Morgan fingerprint density at radius 3 is 2.56 bits per heavy atom. The van der Waals surface area contributed by atoms with E-state index in [0.29, 0.717) is 5.92 Å². The van der Waals surface area contributed by atoms with Gasteiger partial charge in [-0.05, 0) is 52.6 Å². The molecule has 1 heterocycles. The summed E-state index contributed by atoms with van der Waals surface area (Å²) in [5.74, 6) is 0.626. The van der Waals surface area contributed by atoms with E-state index in [4.69, 9.17) is 4.74 Å². The quantitative estimate of drug-likeness (QED) is 0.798. The molecule has 1 fully saturated rings. The molecule has 4 nitrogen and oxygen atoms in total. The Bertz CT molecular complexity index is 213. The fourth-order valence-electron chi connectivity index (χ4n) is 1.98. The molecule has 0 unspecified atom stereocenters. The highest BCUT2D eigenvalue weighted by molar-refractivity contribution is 5.67. The van der Waals surface area contributed by atoms with Crippen LogP contribution in [0, 0.1) is 5.92 Å². The Hall–Kier alpha value is -0.770. The molecular weight excluding hydrogens is 204 g/mol. The fraction of sp³-hybridized carbons (Fsp3) is 0.917. The van der Waals surface area contributed by atoms with Crippen molar-refractivity contribution in [3.8, 4) is 0 Å². The van der Waals surface area contributed by atoms with E-state index in [9.17, 15) is 4.79 Å². The van der Waals surface area contributed by atoms with Gasteiger partial charge in [-0.2, -0.15) is 0 Å². The minimum absolute atomic E-state index is 0.0328. The van der Waals surface area contributed by atoms with Crippen LogP contribution >= 0.6 is 0 Å². The second kappa shape index (κ2) is 6.74. The van der Waals surface area contributed by atoms with Crippen molar-refractivity contribution in [3.63, 3.8) is 0 Å². The number of amides is 1. The molecule has 0 atom stereocenters. The lowest BCUT2D eigenvalue weighted by atomic mass is 9.98. The number of rotatable bonds is 4. The molecule has 0 aliphatic carbocycles. The normalized spacial score (nSPS) is 17.5. The number of carbonyl (C=O) groups excluding carboxylic acids is 1. The molecule has 16 heavy (non-hydrogen) atoms. The molecule has 1 amide bonds. The molecule has 0 spiro atoms. The van der Waals surface area contributed by atoms with Crippen LogP contribution in [-0.4, -0.2) is 43.3 Å². The third kappa shape index (κ3) is 4.39. The zero-order valence-corrected chi connectivity index (χ0v) is 10.7. The maximum absolute atomic E-state index is 11.7. The maximum atomic E-state index is 11.7. The summed E-state index contributed by atoms with van der Waals surface area (Å²) in [5.41, 5.74) is 0. The third-order valence-electron chi connectivity index (χ3n) is 2.91. The van der Waals surface area contributed by atoms with E-state index in [-0.39, 0.29) is 12.2 Å². The first-order valence-electron chi connectivity index (χ1n) is 6.29. The average molecular weight is 228 g/mol. The van der Waals surface area contributed by atoms with Gasteiger partial charge in [0, 0.05) is 13.1 Å². The van der Waals surface area contributed by atoms with Crippen LogP contribution in [0.3, 0.4) is 0 Å². The van der Waals surface area contributed by atoms with E-state index in [1.54, 1.807) is 0 Å². The number of hydrogen-bond acceptors (Lipinski definition) is 3. The smallest absolute Gasteiger partial charge is 0.410 e. The lowest BCUT2D eigenvalue weighted by Gasteiger charge is -2.29. The van der Waals surface area contributed by atoms with Crippen LogP contribution in [-0.2, 0) is 4.74 Å². The van der Waals surface area contributed by atoms with Crippen LogP contribution < -0.4 is 5.32 Å². The molecule has 0 saturated carbocycles. The van der Waals surface area contributed by atoms with Crippen molar-refractivity contribution in [1.82, 2.24) is 10.2 Å². The number of hydrogen-bond donors (Lipinski definition) is 1. The lowest BCUT2D eigenvalue weighted by molar-refractivity contribution is 0.0716. The van der Waals surface area contributed by atoms with E-state index in [1.165, 1.54) is 0 Å². The highest BCUT2D eigenvalue weighted by atomic mass is 16.6. The molecule has 0 aromatic rings. The molecule has 1 rings (SSSR count). The molecule has 0 aromatic carbocycles. The van der Waals surface area contributed by atoms with Gasteiger partial charge in [0.05, 0.1) is 6.10 Å². The van der Waals surface area contributed by atoms with Crippen molar-refractivity contribution in [3.05, 3.63) is 0 Å². The Morgan fingerprint density at radius 2 is 2.06 bits per heavy atom. The number of carbonyl (C=O) groups is 1. The van der Waals surface area contributed by atoms with Gasteiger partial charge in [0.1, 0.15) is 0 Å². The first-order chi connectivity index (χ1) is 7.63. The SMILES string of the molecule is CCN(CC1CCNCC1)C(=O)OC(C)C. The zero-order valence-electron chi connectivity index (χ0n) is 10.7. The van der Waals surface area contributed by atoms with Crippen LogP contribution in [0.4, 0.5) is 4.79 Å². The Morgan fingerprint density at radius 1 is 1.44 bits per heavy atom. The molecule has 94 valence electrons. The van der Waals surface area contributed by atoms with Crippen molar-refractivity contribution >= 4 is 6.09 Å². The Balaban J connectivity index is 2.37. The molecular formula is C12H24N2O2. The summed E-state index contributed by atoms with van der Waals surface area (Å²) >= 11 is 0. The minimum atomic E-state index is -0.170. The molecule has 1 aliphatic heterocycles. The number of nitrogens with one attached hydrogen (secondary N) is 1. The van der Waals surface area contributed by atoms with Crippen LogP contribution in [0.15, 0.2) is 0 Å². The van der Waals surface area contributed by atoms with Gasteiger partial charge in [0.25, 0.3) is 0 Å². The predicted octanol–water partition coefficient (Wildman–Crippen LogP) is 1.85. The molecule has 1 aliphatic rings. The van der Waals surface area contributed by atoms with E-state index in [1.807, 2.05) is 25.7 Å². The summed E-state index contributed by atoms with van der Waals surface area (Å²) in [5, 5.41) is 3.33. The molecule has 1 N–H and O–H groups in total. The Kier molecular flexibility index (Phi) is 5.60. The van der Waals surface area contributed by atoms with Gasteiger partial charge in [0.2, 0.25) is 0 Å². The maximum Gasteiger partial charge on any atom is 0.410 e. The fourth-order valence-corrected chi connectivity index (χ4v) is 1.98. The standard InChI is InChI=1S/C12H24N2O2/c1-4-14(12(15)16-10(2)3)9-11-5-7-13-8-6-11/h10-11,13H,4-9H2,1-3H3. The van der Waals surface area contributed by atoms with Crippen molar-refractivity contribution in [2.24, 2.45) is 5.92 Å². The van der Waals surface area contributed by atoms with Gasteiger partial charge in [-0.25, -0.2) is 4.79 Å². The zero-order chi connectivity index (χ0) is 12.0. The molecule has 4 heteroatoms. The van der Waals surface area contributed by atoms with Crippen LogP contribution in [0.25, 0.3) is 0 Å². The number of piperidine rings is 1. The van der Waals surface area contributed by atoms with Gasteiger partial charge >= 0.3 is 6.09 Å². The second-order valence-corrected chi connectivity index (χ2v) is 4.66. The molecule has 0 radical (unpaired) electrons. The number of ether oxygens (including phenoxy) is 1. The van der Waals surface area contributed by atoms with Gasteiger partial charge in [0.15, 0.2) is 0 Å². The third-order valence-corrected chi connectivity index (χ3v) is 2.91. The molecule has 0 aromatic heterocycles. The van der Waals surface area contributed by atoms with Crippen molar-refractivity contribution < 1.29 is 9.53 Å². The minimum Gasteiger partial charge on any atom is -0.447 e. The highest BCUT2D eigenvalue weighted by Gasteiger charge is 2.20. The highest BCUT2D eigenvalue weighted by Crippen LogP contribution is 2.14. The largest absolute Gasteiger partial charge is 0.447 e. The first kappa shape index (κ1) is 13.3. The van der Waals surface area contributed by atoms with E-state index < -0.39 is 0 Å². The van der Waals surface area contributed by atoms with Crippen molar-refractivity contribution in [1.29, 1.82) is 0 Å². The topological polar surface area (TPSA) is 41.6 Å². The summed E-state index contributed by atoms with van der Waals surface area (Å²) in [7, 11) is 0. The van der Waals surface area contributed by atoms with Crippen LogP contribution in [0.5, 0.6) is 0 Å². The molecule has 1 saturated heterocycles. The van der Waals surface area contributed by atoms with Crippen LogP contribution in [0.2, 0.25) is 0 Å². The second-order valence-electron chi connectivity index (χ2n) is 4.66. The average Bonchev–Trinajstić information content (AvgIpc) is 2.26. The van der Waals surface area contributed by atoms with E-state index in [0.717, 1.165) is 39.0 Å². The van der Waals surface area contributed by atoms with Gasteiger partial charge in [-0.15, -0.1) is 0 Å². The summed E-state index contributed by atoms with van der Waals surface area (Å²) in [6.07, 6.45) is 2.11. The van der Waals surface area contributed by atoms with Crippen molar-refractivity contribution in [2.45, 2.75) is 39.7 Å². The lowest BCUT2D eigenvalue weighted by Crippen LogP contribution is -2.40. The summed E-state index contributed by atoms with van der Waals surface area (Å²) < 4.78 is 5.22. The van der Waals surface area contributed by atoms with Gasteiger partial charge < -0.3 is 15.0 Å². The Labute approximate surface area is 98.3 Å². The van der Waals surface area contributed by atoms with Gasteiger partial charge in [-0.1, -0.05) is 0 Å². The van der Waals surface area contributed by atoms with Gasteiger partial charge in [-0.3, -0.25) is 0 Å². The first-order valence-corrected chi connectivity index (χ1v) is 6.29. The summed E-state index contributed by atoms with van der Waals surface area (Å²) in [6.45, 7) is 9.48. The number of nitrogens with zero attached hydrogens (tertiary/aromatic N) is 1. The molecule has 0 bridgehead atoms. The summed E-state index contributed by atoms with van der Waals surface area (Å²) in [6, 6.07) is 0. The summed E-state index contributed by atoms with van der Waals surface area (Å²) in [4.78, 5) is 13.6.